The third-order valence-electron chi connectivity index (χ3n) is 9.55. The van der Waals surface area contributed by atoms with Gasteiger partial charge in [-0.3, -0.25) is 19.4 Å². The normalized spacial score (nSPS) is 11.5. The zero-order valence-corrected chi connectivity index (χ0v) is 35.8. The second kappa shape index (κ2) is 23.0. The molecule has 3 aromatic rings. The van der Waals surface area contributed by atoms with Crippen LogP contribution >= 0.6 is 0 Å². The van der Waals surface area contributed by atoms with Gasteiger partial charge < -0.3 is 45.0 Å². The van der Waals surface area contributed by atoms with Gasteiger partial charge in [-0.05, 0) is 105 Å². The Morgan fingerprint density at radius 3 is 2.37 bits per heavy atom. The van der Waals surface area contributed by atoms with E-state index < -0.39 is 24.0 Å². The van der Waals surface area contributed by atoms with Crippen LogP contribution in [0.5, 0.6) is 5.75 Å². The smallest absolute Gasteiger partial charge is 0.336 e. The number of azide groups is 1. The molecule has 0 spiro atoms. The van der Waals surface area contributed by atoms with Crippen LogP contribution in [0, 0.1) is 25.7 Å². The molecule has 0 aromatic heterocycles. The Hall–Kier alpha value is -7.38. The van der Waals surface area contributed by atoms with Crippen LogP contribution in [-0.4, -0.2) is 94.2 Å². The van der Waals surface area contributed by atoms with Gasteiger partial charge in [0.1, 0.15) is 30.3 Å². The molecule has 1 aliphatic carbocycles. The van der Waals surface area contributed by atoms with Crippen LogP contribution in [0.3, 0.4) is 0 Å². The molecule has 3 amide bonds. The molecule has 328 valence electrons. The number of hydrogen-bond acceptors (Lipinski definition) is 11. The van der Waals surface area contributed by atoms with Gasteiger partial charge in [-0.25, -0.2) is 4.79 Å². The molecule has 5 N–H and O–H groups in total. The molecule has 0 saturated heterocycles. The van der Waals surface area contributed by atoms with Crippen LogP contribution in [0.2, 0.25) is 0 Å². The topological polar surface area (TPSA) is 239 Å². The summed E-state index contributed by atoms with van der Waals surface area (Å²) in [6.45, 7) is 10.9. The van der Waals surface area contributed by atoms with Crippen LogP contribution in [0.4, 0.5) is 5.69 Å². The van der Waals surface area contributed by atoms with Gasteiger partial charge in [-0.1, -0.05) is 17.1 Å². The van der Waals surface area contributed by atoms with Gasteiger partial charge in [0.2, 0.25) is 5.91 Å². The van der Waals surface area contributed by atoms with E-state index in [4.69, 9.17) is 24.2 Å². The molecule has 3 aromatic carbocycles. The van der Waals surface area contributed by atoms with E-state index in [1.165, 1.54) is 18.2 Å². The summed E-state index contributed by atoms with van der Waals surface area (Å²) in [5.41, 5.74) is 14.3. The molecule has 0 radical (unpaired) electrons. The minimum atomic E-state index is -1.16. The van der Waals surface area contributed by atoms with Gasteiger partial charge in [0.25, 0.3) is 11.8 Å². The lowest BCUT2D eigenvalue weighted by Crippen LogP contribution is -2.34. The number of carboxylic acid groups (broad SMARTS) is 1. The van der Waals surface area contributed by atoms with Crippen LogP contribution in [0.1, 0.15) is 63.0 Å². The van der Waals surface area contributed by atoms with Crippen LogP contribution < -0.4 is 31.4 Å². The number of fused-ring (bicyclic) bond motifs is 2. The van der Waals surface area contributed by atoms with Crippen molar-refractivity contribution in [1.82, 2.24) is 16.0 Å². The van der Waals surface area contributed by atoms with Gasteiger partial charge in [0.15, 0.2) is 6.23 Å². The molecule has 5 rings (SSSR count). The van der Waals surface area contributed by atoms with Crippen molar-refractivity contribution in [2.75, 3.05) is 64.5 Å². The fourth-order valence-corrected chi connectivity index (χ4v) is 6.59. The van der Waals surface area contributed by atoms with Crippen molar-refractivity contribution in [2.45, 2.75) is 40.8 Å². The summed E-state index contributed by atoms with van der Waals surface area (Å²) in [5.74, 6) is 3.83. The number of nitrogens with zero attached hydrogens (tertiary/aromatic N) is 4. The predicted molar refractivity (Wildman–Crippen MR) is 238 cm³/mol. The number of benzene rings is 4. The Kier molecular flexibility index (Phi) is 17.0. The minimum Gasteiger partial charge on any atom is -0.491 e. The fourth-order valence-electron chi connectivity index (χ4n) is 6.59. The van der Waals surface area contributed by atoms with E-state index in [-0.39, 0.29) is 68.7 Å². The zero-order chi connectivity index (χ0) is 45.3. The first-order valence-corrected chi connectivity index (χ1v) is 20.3. The number of rotatable bonds is 21. The monoisotopic (exact) mass is 858 g/mol. The third kappa shape index (κ3) is 12.6. The van der Waals surface area contributed by atoms with E-state index in [0.717, 1.165) is 22.2 Å². The number of ether oxygens (including phenoxy) is 3. The quantitative estimate of drug-likeness (QED) is 0.0139. The molecule has 1 atom stereocenters. The van der Waals surface area contributed by atoms with E-state index in [1.54, 1.807) is 31.2 Å². The molecule has 1 unspecified atom stereocenters. The maximum absolute atomic E-state index is 13.6. The molecule has 1 aliphatic heterocycles. The van der Waals surface area contributed by atoms with Crippen molar-refractivity contribution < 1.29 is 42.9 Å². The molecule has 17 heteroatoms. The SMILES string of the molecule is CC#CCNC(=O)COCCOC(COc1cccc(C(=O)NCCNC(=O)c2ccc(C(=O)O)c(-c3c4cc(C)c(=NCC)cc-4oc4cc(NCC)c(C)cc34)c2)c1)N=[N+]=[N-]. The largest absolute Gasteiger partial charge is 0.491 e. The standard InChI is InChI=1S/C46H50N8O9/c1-6-9-15-50-41(55)26-60-18-19-61-42(53-54-47)27-62-32-12-10-11-30(22-32)44(56)51-16-17-52-45(57)31-13-14-33(46(58)59)34(23-31)43-35-20-28(4)37(48-7-2)24-39(35)63-40-25-38(49-8-3)29(5)21-36(40)43/h10-14,20-25,42,48H,7-8,15-19,26-27H2,1-5H3,(H,50,55)(H,51,56)(H,52,57)(H,58,59). The van der Waals surface area contributed by atoms with Gasteiger partial charge in [-0.15, -0.1) is 5.92 Å². The average Bonchev–Trinajstić information content (AvgIpc) is 3.27. The lowest BCUT2D eigenvalue weighted by Gasteiger charge is -2.20. The van der Waals surface area contributed by atoms with E-state index in [0.29, 0.717) is 52.3 Å². The number of carboxylic acids is 1. The van der Waals surface area contributed by atoms with Crippen LogP contribution in [0.25, 0.3) is 43.9 Å². The van der Waals surface area contributed by atoms with Crippen molar-refractivity contribution in [1.29, 1.82) is 0 Å². The van der Waals surface area contributed by atoms with Crippen molar-refractivity contribution in [2.24, 2.45) is 10.1 Å². The van der Waals surface area contributed by atoms with Gasteiger partial charge in [0, 0.05) is 76.6 Å². The molecular weight excluding hydrogens is 809 g/mol. The first-order chi connectivity index (χ1) is 30.5. The molecular formula is C46H50N8O9. The number of carbonyl (C=O) groups excluding carboxylic acids is 3. The van der Waals surface area contributed by atoms with Crippen molar-refractivity contribution >= 4 is 40.3 Å². The number of carbonyl (C=O) groups is 4. The third-order valence-corrected chi connectivity index (χ3v) is 9.55. The average molecular weight is 859 g/mol. The number of hydrogen-bond donors (Lipinski definition) is 5. The summed E-state index contributed by atoms with van der Waals surface area (Å²) in [4.78, 5) is 58.5. The zero-order valence-electron chi connectivity index (χ0n) is 35.8. The van der Waals surface area contributed by atoms with Gasteiger partial charge in [0.05, 0.1) is 30.7 Å². The first-order valence-electron chi connectivity index (χ1n) is 20.3. The number of aryl methyl sites for hydroxylation is 2. The lowest BCUT2D eigenvalue weighted by atomic mass is 9.88. The Balaban J connectivity index is 1.24. The summed E-state index contributed by atoms with van der Waals surface area (Å²) in [5, 5.41) is 26.9. The van der Waals surface area contributed by atoms with Crippen LogP contribution in [0.15, 0.2) is 81.3 Å². The predicted octanol–water partition coefficient (Wildman–Crippen LogP) is 6.22. The Morgan fingerprint density at radius 2 is 1.67 bits per heavy atom. The van der Waals surface area contributed by atoms with E-state index >= 15 is 0 Å². The lowest BCUT2D eigenvalue weighted by molar-refractivity contribution is -0.126. The molecule has 0 saturated carbocycles. The highest BCUT2D eigenvalue weighted by Crippen LogP contribution is 2.43. The minimum absolute atomic E-state index is 0.00910. The maximum Gasteiger partial charge on any atom is 0.336 e. The molecule has 0 fully saturated rings. The second-order valence-electron chi connectivity index (χ2n) is 14.0. The summed E-state index contributed by atoms with van der Waals surface area (Å²) in [6.07, 6.45) is -1.01. The highest BCUT2D eigenvalue weighted by Gasteiger charge is 2.24. The van der Waals surface area contributed by atoms with E-state index in [2.05, 4.69) is 48.1 Å². The molecule has 63 heavy (non-hydrogen) atoms. The highest BCUT2D eigenvalue weighted by molar-refractivity contribution is 6.10. The summed E-state index contributed by atoms with van der Waals surface area (Å²) in [7, 11) is 0. The fraction of sp³-hybridized carbons (Fsp3) is 0.326. The van der Waals surface area contributed by atoms with Gasteiger partial charge >= 0.3 is 5.97 Å². The Labute approximate surface area is 364 Å². The number of amides is 3. The molecule has 17 nitrogen and oxygen atoms in total. The summed E-state index contributed by atoms with van der Waals surface area (Å²) >= 11 is 0. The van der Waals surface area contributed by atoms with E-state index in [9.17, 15) is 24.3 Å². The van der Waals surface area contributed by atoms with E-state index in [1.807, 2.05) is 52.0 Å². The number of anilines is 1. The molecule has 0 bridgehead atoms. The van der Waals surface area contributed by atoms with Gasteiger partial charge in [-0.2, -0.15) is 0 Å². The first kappa shape index (κ1) is 46.7. The molecule has 2 aliphatic rings. The summed E-state index contributed by atoms with van der Waals surface area (Å²) in [6, 6.07) is 18.4. The second-order valence-corrected chi connectivity index (χ2v) is 14.0. The molecule has 1 heterocycles. The summed E-state index contributed by atoms with van der Waals surface area (Å²) < 4.78 is 23.0. The maximum atomic E-state index is 13.6. The van der Waals surface area contributed by atoms with Crippen LogP contribution in [-0.2, 0) is 14.3 Å². The Bertz CT molecular complexity index is 2620. The Morgan fingerprint density at radius 1 is 0.905 bits per heavy atom. The van der Waals surface area contributed by atoms with Crippen molar-refractivity contribution in [3.05, 3.63) is 110 Å². The highest BCUT2D eigenvalue weighted by atomic mass is 16.6. The van der Waals surface area contributed by atoms with Crippen molar-refractivity contribution in [3.8, 4) is 40.0 Å². The van der Waals surface area contributed by atoms with Crippen molar-refractivity contribution in [3.63, 3.8) is 0 Å². The number of nitrogens with one attached hydrogen (secondary N) is 4. The number of aromatic carboxylic acids is 1.